The molecule has 0 aliphatic carbocycles. The van der Waals surface area contributed by atoms with Gasteiger partial charge in [-0.1, -0.05) is 0 Å². The van der Waals surface area contributed by atoms with Crippen LogP contribution in [0.2, 0.25) is 0 Å². The van der Waals surface area contributed by atoms with Crippen molar-refractivity contribution in [3.63, 3.8) is 0 Å². The lowest BCUT2D eigenvalue weighted by Crippen LogP contribution is -2.50. The number of ether oxygens (including phenoxy) is 1. The van der Waals surface area contributed by atoms with E-state index in [9.17, 15) is 25.0 Å². The third-order valence-electron chi connectivity index (χ3n) is 3.65. The van der Waals surface area contributed by atoms with Crippen LogP contribution in [0.15, 0.2) is 18.2 Å². The number of nitrogens with zero attached hydrogens (tertiary/aromatic N) is 4. The zero-order valence-corrected chi connectivity index (χ0v) is 14.3. The van der Waals surface area contributed by atoms with Crippen molar-refractivity contribution in [1.29, 1.82) is 0 Å². The number of hydrogen-bond donors (Lipinski definition) is 0. The standard InChI is InChI=1S/C15H20N4O6/c1-15(2,3)25-14(20)17-8-6-16(7-9-17)11-4-5-12(18(21)22)13(10-11)19(23)24/h4-5,10H,6-9H2,1-3H3. The minimum absolute atomic E-state index is 0.401. The first-order chi connectivity index (χ1) is 11.6. The molecule has 1 aliphatic rings. The summed E-state index contributed by atoms with van der Waals surface area (Å²) in [6.07, 6.45) is -0.401. The molecule has 0 unspecified atom stereocenters. The van der Waals surface area contributed by atoms with Gasteiger partial charge in [0.05, 0.1) is 9.85 Å². The van der Waals surface area contributed by atoms with Gasteiger partial charge in [-0.3, -0.25) is 20.2 Å². The number of hydrogen-bond acceptors (Lipinski definition) is 7. The van der Waals surface area contributed by atoms with E-state index in [4.69, 9.17) is 4.74 Å². The number of carbonyl (C=O) groups is 1. The Morgan fingerprint density at radius 3 is 2.08 bits per heavy atom. The van der Waals surface area contributed by atoms with Crippen LogP contribution in [-0.2, 0) is 4.74 Å². The number of amides is 1. The maximum absolute atomic E-state index is 12.0. The normalized spacial score (nSPS) is 15.0. The van der Waals surface area contributed by atoms with Gasteiger partial charge < -0.3 is 14.5 Å². The van der Waals surface area contributed by atoms with Crippen molar-refractivity contribution in [1.82, 2.24) is 4.90 Å². The monoisotopic (exact) mass is 352 g/mol. The molecule has 1 fully saturated rings. The van der Waals surface area contributed by atoms with Crippen LogP contribution in [0.3, 0.4) is 0 Å². The van der Waals surface area contributed by atoms with Gasteiger partial charge in [-0.15, -0.1) is 0 Å². The predicted octanol–water partition coefficient (Wildman–Crippen LogP) is 2.56. The number of rotatable bonds is 3. The van der Waals surface area contributed by atoms with Crippen LogP contribution < -0.4 is 4.90 Å². The Hall–Kier alpha value is -2.91. The molecule has 1 saturated heterocycles. The summed E-state index contributed by atoms with van der Waals surface area (Å²) in [7, 11) is 0. The molecular formula is C15H20N4O6. The Labute approximate surface area is 144 Å². The first-order valence-electron chi connectivity index (χ1n) is 7.74. The molecule has 0 aromatic heterocycles. The molecule has 1 aromatic carbocycles. The molecule has 25 heavy (non-hydrogen) atoms. The van der Waals surface area contributed by atoms with E-state index in [1.54, 1.807) is 25.7 Å². The number of carbonyl (C=O) groups excluding carboxylic acids is 1. The fourth-order valence-electron chi connectivity index (χ4n) is 2.48. The highest BCUT2D eigenvalue weighted by Gasteiger charge is 2.29. The van der Waals surface area contributed by atoms with Crippen molar-refractivity contribution < 1.29 is 19.4 Å². The van der Waals surface area contributed by atoms with Crippen LogP contribution in [0.1, 0.15) is 20.8 Å². The molecule has 1 amide bonds. The summed E-state index contributed by atoms with van der Waals surface area (Å²) >= 11 is 0. The summed E-state index contributed by atoms with van der Waals surface area (Å²) in [5.74, 6) is 0. The second-order valence-electron chi connectivity index (χ2n) is 6.64. The lowest BCUT2D eigenvalue weighted by atomic mass is 10.2. The Bertz CT molecular complexity index is 692. The molecule has 1 heterocycles. The van der Waals surface area contributed by atoms with Crippen molar-refractivity contribution in [2.45, 2.75) is 26.4 Å². The molecular weight excluding hydrogens is 332 g/mol. The molecule has 0 bridgehead atoms. The molecule has 136 valence electrons. The number of nitro benzene ring substituents is 2. The third-order valence-corrected chi connectivity index (χ3v) is 3.65. The maximum Gasteiger partial charge on any atom is 0.410 e. The van der Waals surface area contributed by atoms with Gasteiger partial charge >= 0.3 is 17.5 Å². The minimum atomic E-state index is -0.775. The molecule has 0 N–H and O–H groups in total. The lowest BCUT2D eigenvalue weighted by Gasteiger charge is -2.36. The van der Waals surface area contributed by atoms with Crippen molar-refractivity contribution in [2.24, 2.45) is 0 Å². The molecule has 10 nitrogen and oxygen atoms in total. The van der Waals surface area contributed by atoms with Crippen LogP contribution in [0, 0.1) is 20.2 Å². The van der Waals surface area contributed by atoms with E-state index in [0.29, 0.717) is 31.9 Å². The largest absolute Gasteiger partial charge is 0.444 e. The van der Waals surface area contributed by atoms with Gasteiger partial charge in [-0.2, -0.15) is 0 Å². The summed E-state index contributed by atoms with van der Waals surface area (Å²) < 4.78 is 5.31. The van der Waals surface area contributed by atoms with Gasteiger partial charge in [-0.05, 0) is 26.8 Å². The van der Waals surface area contributed by atoms with Crippen LogP contribution in [0.5, 0.6) is 0 Å². The fourth-order valence-corrected chi connectivity index (χ4v) is 2.48. The van der Waals surface area contributed by atoms with E-state index in [2.05, 4.69) is 0 Å². The predicted molar refractivity (Wildman–Crippen MR) is 89.8 cm³/mol. The van der Waals surface area contributed by atoms with Gasteiger partial charge in [0, 0.05) is 44.0 Å². The molecule has 0 saturated carbocycles. The Morgan fingerprint density at radius 1 is 1.04 bits per heavy atom. The summed E-state index contributed by atoms with van der Waals surface area (Å²) in [4.78, 5) is 35.8. The van der Waals surface area contributed by atoms with Crippen LogP contribution in [-0.4, -0.2) is 52.6 Å². The van der Waals surface area contributed by atoms with Crippen LogP contribution in [0.25, 0.3) is 0 Å². The lowest BCUT2D eigenvalue weighted by molar-refractivity contribution is -0.422. The van der Waals surface area contributed by atoms with E-state index in [0.717, 1.165) is 6.07 Å². The van der Waals surface area contributed by atoms with Gasteiger partial charge in [0.2, 0.25) is 0 Å². The Balaban J connectivity index is 2.08. The second kappa shape index (κ2) is 6.91. The quantitative estimate of drug-likeness (QED) is 0.605. The summed E-state index contributed by atoms with van der Waals surface area (Å²) in [5.41, 5.74) is -1.15. The Morgan fingerprint density at radius 2 is 1.60 bits per heavy atom. The van der Waals surface area contributed by atoms with E-state index in [-0.39, 0.29) is 0 Å². The smallest absolute Gasteiger partial charge is 0.410 e. The summed E-state index contributed by atoms with van der Waals surface area (Å²) in [6.45, 7) is 7.08. The maximum atomic E-state index is 12.0. The van der Waals surface area contributed by atoms with Crippen LogP contribution >= 0.6 is 0 Å². The van der Waals surface area contributed by atoms with Gasteiger partial charge in [0.15, 0.2) is 0 Å². The highest BCUT2D eigenvalue weighted by molar-refractivity contribution is 5.69. The third kappa shape index (κ3) is 4.55. The van der Waals surface area contributed by atoms with E-state index >= 15 is 0 Å². The SMILES string of the molecule is CC(C)(C)OC(=O)N1CCN(c2ccc([N+](=O)[O-])c([N+](=O)[O-])c2)CC1. The van der Waals surface area contributed by atoms with Crippen molar-refractivity contribution in [3.8, 4) is 0 Å². The Kier molecular flexibility index (Phi) is 5.10. The molecule has 0 radical (unpaired) electrons. The average molecular weight is 352 g/mol. The van der Waals surface area contributed by atoms with Crippen LogP contribution in [0.4, 0.5) is 21.9 Å². The molecule has 1 aliphatic heterocycles. The van der Waals surface area contributed by atoms with Gasteiger partial charge in [-0.25, -0.2) is 4.79 Å². The van der Waals surface area contributed by atoms with Crippen molar-refractivity contribution in [2.75, 3.05) is 31.1 Å². The molecule has 2 rings (SSSR count). The highest BCUT2D eigenvalue weighted by atomic mass is 16.6. The highest BCUT2D eigenvalue weighted by Crippen LogP contribution is 2.31. The first kappa shape index (κ1) is 18.4. The van der Waals surface area contributed by atoms with Crippen molar-refractivity contribution in [3.05, 3.63) is 38.4 Å². The van der Waals surface area contributed by atoms with Gasteiger partial charge in [0.25, 0.3) is 0 Å². The zero-order valence-electron chi connectivity index (χ0n) is 14.3. The number of piperazine rings is 1. The van der Waals surface area contributed by atoms with E-state index < -0.39 is 32.9 Å². The summed E-state index contributed by atoms with van der Waals surface area (Å²) in [5, 5.41) is 21.9. The second-order valence-corrected chi connectivity index (χ2v) is 6.64. The number of benzene rings is 1. The topological polar surface area (TPSA) is 119 Å². The fraction of sp³-hybridized carbons (Fsp3) is 0.533. The molecule has 10 heteroatoms. The molecule has 1 aromatic rings. The minimum Gasteiger partial charge on any atom is -0.444 e. The zero-order chi connectivity index (χ0) is 18.8. The first-order valence-corrected chi connectivity index (χ1v) is 7.74. The molecule has 0 atom stereocenters. The van der Waals surface area contributed by atoms with Gasteiger partial charge in [0.1, 0.15) is 5.60 Å². The number of nitro groups is 2. The van der Waals surface area contributed by atoms with E-state index in [1.807, 2.05) is 4.90 Å². The van der Waals surface area contributed by atoms with Crippen molar-refractivity contribution >= 4 is 23.2 Å². The number of anilines is 1. The molecule has 0 spiro atoms. The average Bonchev–Trinajstić information content (AvgIpc) is 2.52. The summed E-state index contributed by atoms with van der Waals surface area (Å²) in [6, 6.07) is 3.81. The van der Waals surface area contributed by atoms with E-state index in [1.165, 1.54) is 12.1 Å².